The zero-order valence-corrected chi connectivity index (χ0v) is 8.97. The summed E-state index contributed by atoms with van der Waals surface area (Å²) in [5, 5.41) is 0.568. The number of hydrogen-bond donors (Lipinski definition) is 2. The number of nitrogens with zero attached hydrogens (tertiary/aromatic N) is 1. The second-order valence-corrected chi connectivity index (χ2v) is 4.19. The van der Waals surface area contributed by atoms with Crippen LogP contribution in [0, 0.1) is 0 Å². The molecule has 0 aliphatic heterocycles. The lowest BCUT2D eigenvalue weighted by atomic mass is 10.2. The van der Waals surface area contributed by atoms with Gasteiger partial charge >= 0.3 is 0 Å². The molecular formula is C8H6N2O3S2. The predicted molar refractivity (Wildman–Crippen MR) is 58.8 cm³/mol. The Morgan fingerprint density at radius 3 is 2.87 bits per heavy atom. The molecule has 0 aliphatic rings. The molecule has 1 heterocycles. The van der Waals surface area contributed by atoms with Crippen LogP contribution in [-0.2, 0) is 11.3 Å². The molecule has 2 rings (SSSR count). The van der Waals surface area contributed by atoms with E-state index in [1.165, 1.54) is 11.5 Å². The van der Waals surface area contributed by atoms with Crippen molar-refractivity contribution in [3.8, 4) is 0 Å². The highest BCUT2D eigenvalue weighted by atomic mass is 32.2. The van der Waals surface area contributed by atoms with E-state index in [2.05, 4.69) is 8.77 Å². The first kappa shape index (κ1) is 10.2. The van der Waals surface area contributed by atoms with Crippen LogP contribution in [0.2, 0.25) is 0 Å². The van der Waals surface area contributed by atoms with E-state index in [0.717, 1.165) is 4.70 Å². The van der Waals surface area contributed by atoms with Crippen molar-refractivity contribution in [2.45, 2.75) is 0 Å². The molecule has 7 heteroatoms. The summed E-state index contributed by atoms with van der Waals surface area (Å²) in [5.74, 6) is 0. The lowest BCUT2D eigenvalue weighted by Crippen LogP contribution is -2.27. The minimum absolute atomic E-state index is 0.00909. The zero-order valence-electron chi connectivity index (χ0n) is 7.34. The summed E-state index contributed by atoms with van der Waals surface area (Å²) in [6, 6.07) is 7.05. The maximum Gasteiger partial charge on any atom is 0.284 e. The largest absolute Gasteiger partial charge is 0.288 e. The van der Waals surface area contributed by atoms with Gasteiger partial charge in [-0.25, -0.2) is 4.21 Å². The standard InChI is InChI=1S/C8H6N2O3S2/c11-8-7(10-15(12)13)5-3-1-2-4-6(5)14-9-8/h1-4H,(H,9,11)(H,12,13). The summed E-state index contributed by atoms with van der Waals surface area (Å²) < 4.78 is 25.9. The van der Waals surface area contributed by atoms with Crippen LogP contribution in [0.4, 0.5) is 0 Å². The van der Waals surface area contributed by atoms with E-state index < -0.39 is 16.8 Å². The van der Waals surface area contributed by atoms with Crippen LogP contribution in [0.3, 0.4) is 0 Å². The number of aromatic amines is 1. The van der Waals surface area contributed by atoms with E-state index in [1.807, 2.05) is 6.07 Å². The molecule has 78 valence electrons. The summed E-state index contributed by atoms with van der Waals surface area (Å²) in [7, 11) is 0. The van der Waals surface area contributed by atoms with E-state index in [9.17, 15) is 9.00 Å². The number of benzene rings is 1. The number of H-pyrrole nitrogens is 1. The quantitative estimate of drug-likeness (QED) is 0.719. The van der Waals surface area contributed by atoms with Gasteiger partial charge in [0.25, 0.3) is 16.8 Å². The van der Waals surface area contributed by atoms with Crippen molar-refractivity contribution >= 4 is 32.9 Å². The van der Waals surface area contributed by atoms with E-state index in [0.29, 0.717) is 5.39 Å². The Kier molecular flexibility index (Phi) is 2.76. The molecule has 2 aromatic rings. The van der Waals surface area contributed by atoms with Crippen LogP contribution >= 0.6 is 11.5 Å². The molecule has 0 saturated heterocycles. The Balaban J connectivity index is 2.99. The fraction of sp³-hybridized carbons (Fsp3) is 0. The number of fused-ring (bicyclic) bond motifs is 1. The molecule has 0 fully saturated rings. The highest BCUT2D eigenvalue weighted by Crippen LogP contribution is 2.10. The predicted octanol–water partition coefficient (Wildman–Crippen LogP) is 0.627. The van der Waals surface area contributed by atoms with Gasteiger partial charge in [0.2, 0.25) is 0 Å². The molecule has 15 heavy (non-hydrogen) atoms. The number of hydrogen-bond acceptors (Lipinski definition) is 3. The molecule has 0 saturated carbocycles. The minimum Gasteiger partial charge on any atom is -0.288 e. The second kappa shape index (κ2) is 4.05. The minimum atomic E-state index is -2.37. The van der Waals surface area contributed by atoms with Gasteiger partial charge in [0.15, 0.2) is 5.36 Å². The number of nitrogens with one attached hydrogen (secondary N) is 1. The van der Waals surface area contributed by atoms with Crippen molar-refractivity contribution in [1.82, 2.24) is 4.37 Å². The van der Waals surface area contributed by atoms with Crippen molar-refractivity contribution in [2.75, 3.05) is 0 Å². The summed E-state index contributed by atoms with van der Waals surface area (Å²) >= 11 is -1.21. The molecule has 1 unspecified atom stereocenters. The van der Waals surface area contributed by atoms with Gasteiger partial charge in [0, 0.05) is 5.39 Å². The molecule has 1 atom stereocenters. The molecule has 2 N–H and O–H groups in total. The van der Waals surface area contributed by atoms with Gasteiger partial charge in [-0.1, -0.05) is 29.7 Å². The normalized spacial score (nSPS) is 14.3. The molecule has 0 radical (unpaired) electrons. The van der Waals surface area contributed by atoms with E-state index in [-0.39, 0.29) is 5.36 Å². The molecular weight excluding hydrogens is 236 g/mol. The second-order valence-electron chi connectivity index (χ2n) is 2.70. The highest BCUT2D eigenvalue weighted by Gasteiger charge is 2.01. The lowest BCUT2D eigenvalue weighted by molar-refractivity contribution is 0.565. The summed E-state index contributed by atoms with van der Waals surface area (Å²) in [6.45, 7) is 0. The van der Waals surface area contributed by atoms with Crippen LogP contribution in [0.5, 0.6) is 0 Å². The van der Waals surface area contributed by atoms with Crippen LogP contribution in [0.1, 0.15) is 0 Å². The molecule has 0 aliphatic carbocycles. The summed E-state index contributed by atoms with van der Waals surface area (Å²) in [5.41, 5.74) is -0.457. The SMILES string of the molecule is O=c1[nH]sc2ccccc2c1=NS(=O)O. The third-order valence-electron chi connectivity index (χ3n) is 1.78. The van der Waals surface area contributed by atoms with Gasteiger partial charge in [-0.3, -0.25) is 13.7 Å². The van der Waals surface area contributed by atoms with Crippen LogP contribution in [-0.4, -0.2) is 13.1 Å². The van der Waals surface area contributed by atoms with E-state index in [4.69, 9.17) is 4.55 Å². The number of aromatic nitrogens is 1. The summed E-state index contributed by atoms with van der Waals surface area (Å²) in [4.78, 5) is 11.4. The van der Waals surface area contributed by atoms with Crippen LogP contribution in [0.25, 0.3) is 10.1 Å². The fourth-order valence-electron chi connectivity index (χ4n) is 1.19. The van der Waals surface area contributed by atoms with Gasteiger partial charge in [-0.15, -0.1) is 0 Å². The smallest absolute Gasteiger partial charge is 0.284 e. The third kappa shape index (κ3) is 2.04. The molecule has 0 amide bonds. The Hall–Kier alpha value is -1.31. The Labute approximate surface area is 90.7 Å². The highest BCUT2D eigenvalue weighted by molar-refractivity contribution is 7.77. The number of rotatable bonds is 1. The maximum absolute atomic E-state index is 11.4. The topological polar surface area (TPSA) is 82.5 Å². The summed E-state index contributed by atoms with van der Waals surface area (Å²) in [6.07, 6.45) is 0. The van der Waals surface area contributed by atoms with Gasteiger partial charge in [-0.05, 0) is 6.07 Å². The van der Waals surface area contributed by atoms with E-state index in [1.54, 1.807) is 18.2 Å². The first-order valence-corrected chi connectivity index (χ1v) is 5.83. The third-order valence-corrected chi connectivity index (χ3v) is 2.98. The maximum atomic E-state index is 11.4. The van der Waals surface area contributed by atoms with Gasteiger partial charge < -0.3 is 0 Å². The average molecular weight is 242 g/mol. The van der Waals surface area contributed by atoms with Gasteiger partial charge in [0.1, 0.15) is 0 Å². The van der Waals surface area contributed by atoms with Crippen molar-refractivity contribution in [2.24, 2.45) is 4.40 Å². The van der Waals surface area contributed by atoms with E-state index >= 15 is 0 Å². The van der Waals surface area contributed by atoms with Gasteiger partial charge in [-0.2, -0.15) is 4.40 Å². The zero-order chi connectivity index (χ0) is 10.8. The Morgan fingerprint density at radius 2 is 2.13 bits per heavy atom. The van der Waals surface area contributed by atoms with Crippen LogP contribution < -0.4 is 10.9 Å². The Morgan fingerprint density at radius 1 is 1.40 bits per heavy atom. The first-order chi connectivity index (χ1) is 7.18. The molecule has 0 bridgehead atoms. The monoisotopic (exact) mass is 242 g/mol. The van der Waals surface area contributed by atoms with Crippen molar-refractivity contribution in [3.05, 3.63) is 40.0 Å². The lowest BCUT2D eigenvalue weighted by Gasteiger charge is -1.94. The fourth-order valence-corrected chi connectivity index (χ4v) is 2.25. The van der Waals surface area contributed by atoms with Crippen molar-refractivity contribution < 1.29 is 8.76 Å². The van der Waals surface area contributed by atoms with Gasteiger partial charge in [0.05, 0.1) is 4.70 Å². The molecule has 1 aromatic heterocycles. The van der Waals surface area contributed by atoms with Crippen molar-refractivity contribution in [3.63, 3.8) is 0 Å². The van der Waals surface area contributed by atoms with Crippen molar-refractivity contribution in [1.29, 1.82) is 0 Å². The van der Waals surface area contributed by atoms with Crippen LogP contribution in [0.15, 0.2) is 33.5 Å². The Bertz CT molecular complexity index is 644. The molecule has 1 aromatic carbocycles. The molecule has 5 nitrogen and oxygen atoms in total. The average Bonchev–Trinajstić information content (AvgIpc) is 2.22. The molecule has 0 spiro atoms. The first-order valence-electron chi connectivity index (χ1n) is 3.95.